The number of rotatable bonds is 4. The summed E-state index contributed by atoms with van der Waals surface area (Å²) in [5, 5.41) is 6.10. The minimum atomic E-state index is -0.503. The third-order valence-corrected chi connectivity index (χ3v) is 6.88. The van der Waals surface area contributed by atoms with E-state index in [1.807, 2.05) is 4.90 Å². The molecule has 162 valence electrons. The average molecular weight is 433 g/mol. The molecule has 3 heterocycles. The van der Waals surface area contributed by atoms with E-state index in [-0.39, 0.29) is 24.8 Å². The number of anilines is 1. The van der Waals surface area contributed by atoms with Crippen molar-refractivity contribution in [2.24, 2.45) is 11.8 Å². The third kappa shape index (κ3) is 4.78. The van der Waals surface area contributed by atoms with Crippen LogP contribution in [0.5, 0.6) is 0 Å². The SMILES string of the molecule is O=C1CCN(c2cc(C(=O)N3CCC(CC4CCNCC4)CC3)ccc2Cl)C(=O)N1. The fourth-order valence-electron chi connectivity index (χ4n) is 4.79. The molecule has 0 atom stereocenters. The first kappa shape index (κ1) is 21.1. The summed E-state index contributed by atoms with van der Waals surface area (Å²) in [5.74, 6) is 1.20. The first-order chi connectivity index (χ1) is 14.5. The molecule has 0 aromatic heterocycles. The van der Waals surface area contributed by atoms with Gasteiger partial charge in [-0.1, -0.05) is 11.6 Å². The predicted molar refractivity (Wildman–Crippen MR) is 116 cm³/mol. The van der Waals surface area contributed by atoms with Crippen molar-refractivity contribution in [2.75, 3.05) is 37.6 Å². The topological polar surface area (TPSA) is 81.8 Å². The van der Waals surface area contributed by atoms with E-state index in [4.69, 9.17) is 11.6 Å². The first-order valence-electron chi connectivity index (χ1n) is 10.9. The third-order valence-electron chi connectivity index (χ3n) is 6.56. The number of hydrogen-bond donors (Lipinski definition) is 2. The van der Waals surface area contributed by atoms with Gasteiger partial charge in [-0.2, -0.15) is 0 Å². The van der Waals surface area contributed by atoms with Gasteiger partial charge in [-0.15, -0.1) is 0 Å². The lowest BCUT2D eigenvalue weighted by atomic mass is 9.83. The molecular weight excluding hydrogens is 404 g/mol. The van der Waals surface area contributed by atoms with Crippen molar-refractivity contribution >= 4 is 35.1 Å². The van der Waals surface area contributed by atoms with Gasteiger partial charge in [-0.3, -0.25) is 19.8 Å². The van der Waals surface area contributed by atoms with Crippen LogP contribution in [0.3, 0.4) is 0 Å². The Kier molecular flexibility index (Phi) is 6.58. The van der Waals surface area contributed by atoms with Crippen molar-refractivity contribution in [1.29, 1.82) is 0 Å². The zero-order valence-corrected chi connectivity index (χ0v) is 17.9. The molecule has 2 N–H and O–H groups in total. The number of piperidine rings is 2. The Morgan fingerprint density at radius 2 is 1.73 bits per heavy atom. The highest BCUT2D eigenvalue weighted by atomic mass is 35.5. The van der Waals surface area contributed by atoms with Gasteiger partial charge in [0, 0.05) is 31.6 Å². The largest absolute Gasteiger partial charge is 0.339 e. The number of amides is 4. The molecular formula is C22H29ClN4O3. The molecule has 1 aromatic rings. The average Bonchev–Trinajstić information content (AvgIpc) is 2.75. The molecule has 0 saturated carbocycles. The Bertz CT molecular complexity index is 817. The number of halogens is 1. The zero-order chi connectivity index (χ0) is 21.1. The van der Waals surface area contributed by atoms with Crippen LogP contribution in [0.1, 0.15) is 48.9 Å². The molecule has 0 radical (unpaired) electrons. The Labute approximate surface area is 182 Å². The number of nitrogens with zero attached hydrogens (tertiary/aromatic N) is 2. The Hall–Kier alpha value is -2.12. The van der Waals surface area contributed by atoms with Gasteiger partial charge < -0.3 is 10.2 Å². The van der Waals surface area contributed by atoms with Crippen LogP contribution in [0.2, 0.25) is 5.02 Å². The number of nitrogens with one attached hydrogen (secondary N) is 2. The summed E-state index contributed by atoms with van der Waals surface area (Å²) >= 11 is 6.30. The number of carbonyl (C=O) groups is 3. The predicted octanol–water partition coefficient (Wildman–Crippen LogP) is 3.03. The van der Waals surface area contributed by atoms with E-state index in [1.165, 1.54) is 24.2 Å². The maximum absolute atomic E-state index is 13.1. The lowest BCUT2D eigenvalue weighted by Gasteiger charge is -2.35. The highest BCUT2D eigenvalue weighted by Crippen LogP contribution is 2.31. The number of urea groups is 1. The molecule has 3 aliphatic rings. The van der Waals surface area contributed by atoms with Gasteiger partial charge in [0.15, 0.2) is 0 Å². The molecule has 8 heteroatoms. The standard InChI is InChI=1S/C22H29ClN4O3/c23-18-2-1-17(14-19(18)27-12-7-20(28)25-22(27)30)21(29)26-10-5-16(6-11-26)13-15-3-8-24-9-4-15/h1-2,14-16,24H,3-13H2,(H,25,28,30). The van der Waals surface area contributed by atoms with Crippen LogP contribution in [0.15, 0.2) is 18.2 Å². The van der Waals surface area contributed by atoms with Crippen molar-refractivity contribution in [1.82, 2.24) is 15.5 Å². The van der Waals surface area contributed by atoms with Crippen LogP contribution >= 0.6 is 11.6 Å². The molecule has 30 heavy (non-hydrogen) atoms. The van der Waals surface area contributed by atoms with E-state index in [0.717, 1.165) is 44.9 Å². The van der Waals surface area contributed by atoms with Crippen molar-refractivity contribution in [2.45, 2.75) is 38.5 Å². The summed E-state index contributed by atoms with van der Waals surface area (Å²) in [5.41, 5.74) is 0.990. The molecule has 0 aliphatic carbocycles. The normalized spacial score (nSPS) is 21.6. The minimum Gasteiger partial charge on any atom is -0.339 e. The van der Waals surface area contributed by atoms with Crippen LogP contribution in [0.25, 0.3) is 0 Å². The monoisotopic (exact) mass is 432 g/mol. The van der Waals surface area contributed by atoms with E-state index < -0.39 is 6.03 Å². The van der Waals surface area contributed by atoms with E-state index in [0.29, 0.717) is 22.2 Å². The molecule has 0 spiro atoms. The van der Waals surface area contributed by atoms with E-state index in [2.05, 4.69) is 10.6 Å². The van der Waals surface area contributed by atoms with Crippen LogP contribution in [-0.4, -0.2) is 55.5 Å². The number of likely N-dealkylation sites (tertiary alicyclic amines) is 1. The zero-order valence-electron chi connectivity index (χ0n) is 17.2. The van der Waals surface area contributed by atoms with Gasteiger partial charge in [-0.25, -0.2) is 4.79 Å². The molecule has 1 aromatic carbocycles. The van der Waals surface area contributed by atoms with E-state index in [9.17, 15) is 14.4 Å². The summed E-state index contributed by atoms with van der Waals surface area (Å²) < 4.78 is 0. The van der Waals surface area contributed by atoms with Crippen molar-refractivity contribution in [3.8, 4) is 0 Å². The molecule has 7 nitrogen and oxygen atoms in total. The van der Waals surface area contributed by atoms with Gasteiger partial charge in [0.05, 0.1) is 10.7 Å². The van der Waals surface area contributed by atoms with Crippen molar-refractivity contribution in [3.63, 3.8) is 0 Å². The Balaban J connectivity index is 1.38. The smallest absolute Gasteiger partial charge is 0.328 e. The van der Waals surface area contributed by atoms with Crippen molar-refractivity contribution < 1.29 is 14.4 Å². The van der Waals surface area contributed by atoms with Gasteiger partial charge in [0.2, 0.25) is 5.91 Å². The van der Waals surface area contributed by atoms with Gasteiger partial charge >= 0.3 is 6.03 Å². The maximum Gasteiger partial charge on any atom is 0.328 e. The number of imide groups is 1. The molecule has 0 bridgehead atoms. The quantitative estimate of drug-likeness (QED) is 0.766. The maximum atomic E-state index is 13.1. The van der Waals surface area contributed by atoms with Gasteiger partial charge in [0.1, 0.15) is 0 Å². The summed E-state index contributed by atoms with van der Waals surface area (Å²) in [6.45, 7) is 4.05. The number of benzene rings is 1. The second kappa shape index (κ2) is 9.35. The Morgan fingerprint density at radius 1 is 1.03 bits per heavy atom. The lowest BCUT2D eigenvalue weighted by Crippen LogP contribution is -2.49. The molecule has 3 fully saturated rings. The minimum absolute atomic E-state index is 0.0262. The molecule has 0 unspecified atom stereocenters. The summed E-state index contributed by atoms with van der Waals surface area (Å²) in [4.78, 5) is 40.0. The van der Waals surface area contributed by atoms with Gasteiger partial charge in [0.25, 0.3) is 5.91 Å². The molecule has 3 saturated heterocycles. The molecule has 4 amide bonds. The van der Waals surface area contributed by atoms with E-state index >= 15 is 0 Å². The summed E-state index contributed by atoms with van der Waals surface area (Å²) in [6, 6.07) is 4.53. The highest BCUT2D eigenvalue weighted by molar-refractivity contribution is 6.34. The fraction of sp³-hybridized carbons (Fsp3) is 0.591. The summed E-state index contributed by atoms with van der Waals surface area (Å²) in [6.07, 6.45) is 6.12. The second-order valence-electron chi connectivity index (χ2n) is 8.59. The molecule has 4 rings (SSSR count). The van der Waals surface area contributed by atoms with Crippen LogP contribution in [0.4, 0.5) is 10.5 Å². The van der Waals surface area contributed by atoms with Crippen LogP contribution in [-0.2, 0) is 4.79 Å². The highest BCUT2D eigenvalue weighted by Gasteiger charge is 2.29. The number of hydrogen-bond acceptors (Lipinski definition) is 4. The lowest BCUT2D eigenvalue weighted by molar-refractivity contribution is -0.120. The first-order valence-corrected chi connectivity index (χ1v) is 11.3. The fourth-order valence-corrected chi connectivity index (χ4v) is 5.01. The van der Waals surface area contributed by atoms with E-state index in [1.54, 1.807) is 18.2 Å². The second-order valence-corrected chi connectivity index (χ2v) is 8.99. The molecule has 3 aliphatic heterocycles. The van der Waals surface area contributed by atoms with Crippen LogP contribution in [0, 0.1) is 11.8 Å². The number of carbonyl (C=O) groups excluding carboxylic acids is 3. The van der Waals surface area contributed by atoms with Gasteiger partial charge in [-0.05, 0) is 75.2 Å². The van der Waals surface area contributed by atoms with Crippen LogP contribution < -0.4 is 15.5 Å². The Morgan fingerprint density at radius 3 is 2.43 bits per heavy atom. The summed E-state index contributed by atoms with van der Waals surface area (Å²) in [7, 11) is 0. The van der Waals surface area contributed by atoms with Crippen molar-refractivity contribution in [3.05, 3.63) is 28.8 Å².